The molecule has 222 valence electrons. The maximum absolute atomic E-state index is 15.2. The predicted molar refractivity (Wildman–Crippen MR) is 158 cm³/mol. The predicted octanol–water partition coefficient (Wildman–Crippen LogP) is 5.71. The number of carbonyl (C=O) groups excluding carboxylic acids is 1. The number of anilines is 1. The minimum Gasteiger partial charge on any atom is -0.493 e. The number of halogens is 2. The van der Waals surface area contributed by atoms with Gasteiger partial charge in [0.25, 0.3) is 11.5 Å². The maximum atomic E-state index is 15.2. The summed E-state index contributed by atoms with van der Waals surface area (Å²) in [5, 5.41) is 3.05. The molecule has 0 aliphatic rings. The van der Waals surface area contributed by atoms with Crippen LogP contribution in [0.25, 0.3) is 16.6 Å². The summed E-state index contributed by atoms with van der Waals surface area (Å²) in [4.78, 5) is 43.9. The molecule has 3 aromatic carbocycles. The molecule has 0 atom stereocenters. The fraction of sp³-hybridized carbons (Fsp3) is 0.161. The number of hydrogen-bond acceptors (Lipinski definition) is 7. The van der Waals surface area contributed by atoms with Crippen LogP contribution >= 0.6 is 0 Å². The van der Waals surface area contributed by atoms with Crippen LogP contribution in [0, 0.1) is 11.6 Å². The molecule has 10 nitrogen and oxygen atoms in total. The number of nitrogens with zero attached hydrogens (tertiary/aromatic N) is 3. The van der Waals surface area contributed by atoms with Crippen LogP contribution < -0.4 is 30.8 Å². The van der Waals surface area contributed by atoms with E-state index in [2.05, 4.69) is 10.3 Å². The highest BCUT2D eigenvalue weighted by molar-refractivity contribution is 6.04. The van der Waals surface area contributed by atoms with E-state index >= 15 is 4.39 Å². The zero-order chi connectivity index (χ0) is 30.8. The number of amides is 1. The number of fused-ring (bicyclic) bond motifs is 1. The number of nitrogens with one attached hydrogen (secondary N) is 1. The molecule has 1 N–H and O–H groups in total. The summed E-state index contributed by atoms with van der Waals surface area (Å²) in [5.41, 5.74) is -1.32. The average molecular weight is 591 g/mol. The van der Waals surface area contributed by atoms with Crippen molar-refractivity contribution >= 4 is 22.5 Å². The Morgan fingerprint density at radius 3 is 2.26 bits per heavy atom. The van der Waals surface area contributed by atoms with E-state index in [1.807, 2.05) is 0 Å². The largest absolute Gasteiger partial charge is 0.493 e. The monoisotopic (exact) mass is 590 g/mol. The van der Waals surface area contributed by atoms with Gasteiger partial charge in [0.05, 0.1) is 25.4 Å². The van der Waals surface area contributed by atoms with Gasteiger partial charge in [-0.05, 0) is 62.4 Å². The maximum Gasteiger partial charge on any atom is 0.335 e. The van der Waals surface area contributed by atoms with Crippen molar-refractivity contribution in [3.8, 4) is 28.7 Å². The Bertz CT molecular complexity index is 1980. The van der Waals surface area contributed by atoms with E-state index in [4.69, 9.17) is 14.2 Å². The van der Waals surface area contributed by atoms with E-state index < -0.39 is 34.8 Å². The minimum atomic E-state index is -0.914. The van der Waals surface area contributed by atoms with E-state index in [0.29, 0.717) is 28.2 Å². The Labute approximate surface area is 245 Å². The molecule has 2 aromatic heterocycles. The lowest BCUT2D eigenvalue weighted by atomic mass is 10.1. The Kier molecular flexibility index (Phi) is 7.93. The van der Waals surface area contributed by atoms with Crippen LogP contribution in [0.15, 0.2) is 82.6 Å². The molecule has 0 radical (unpaired) electrons. The van der Waals surface area contributed by atoms with Crippen molar-refractivity contribution in [3.63, 3.8) is 0 Å². The third-order valence-electron chi connectivity index (χ3n) is 6.62. The van der Waals surface area contributed by atoms with Crippen molar-refractivity contribution in [3.05, 3.63) is 111 Å². The van der Waals surface area contributed by atoms with Gasteiger partial charge in [0.1, 0.15) is 17.1 Å². The van der Waals surface area contributed by atoms with Crippen LogP contribution in [0.4, 0.5) is 14.5 Å². The molecule has 0 aliphatic carbocycles. The molecule has 0 spiro atoms. The molecule has 0 bridgehead atoms. The fourth-order valence-electron chi connectivity index (χ4n) is 4.43. The second-order valence-corrected chi connectivity index (χ2v) is 9.68. The first-order valence-electron chi connectivity index (χ1n) is 13.0. The highest BCUT2D eigenvalue weighted by Gasteiger charge is 2.21. The van der Waals surface area contributed by atoms with Gasteiger partial charge in [0.15, 0.2) is 23.1 Å². The van der Waals surface area contributed by atoms with Gasteiger partial charge in [-0.1, -0.05) is 0 Å². The lowest BCUT2D eigenvalue weighted by Gasteiger charge is -2.16. The van der Waals surface area contributed by atoms with Gasteiger partial charge in [-0.25, -0.2) is 18.1 Å². The Hall–Kier alpha value is -5.52. The molecular formula is C31H28F2N4O6. The van der Waals surface area contributed by atoms with Crippen molar-refractivity contribution in [1.29, 1.82) is 0 Å². The summed E-state index contributed by atoms with van der Waals surface area (Å²) in [5.74, 6) is -1.14. The van der Waals surface area contributed by atoms with Crippen LogP contribution in [-0.4, -0.2) is 34.2 Å². The summed E-state index contributed by atoms with van der Waals surface area (Å²) in [7, 11) is 2.99. The minimum absolute atomic E-state index is 0. The summed E-state index contributed by atoms with van der Waals surface area (Å²) in [6.45, 7) is 3.41. The van der Waals surface area contributed by atoms with Crippen LogP contribution in [0.3, 0.4) is 0 Å². The number of pyridine rings is 1. The molecule has 1 amide bonds. The average Bonchev–Trinajstić information content (AvgIpc) is 2.98. The molecule has 5 aromatic rings. The van der Waals surface area contributed by atoms with Crippen molar-refractivity contribution in [2.75, 3.05) is 19.5 Å². The van der Waals surface area contributed by atoms with Crippen LogP contribution in [0.1, 0.15) is 31.7 Å². The molecule has 0 unspecified atom stereocenters. The lowest BCUT2D eigenvalue weighted by molar-refractivity contribution is 0.102. The van der Waals surface area contributed by atoms with E-state index in [-0.39, 0.29) is 24.1 Å². The zero-order valence-electron chi connectivity index (χ0n) is 23.6. The van der Waals surface area contributed by atoms with E-state index in [0.717, 1.165) is 29.0 Å². The molecule has 0 saturated carbocycles. The van der Waals surface area contributed by atoms with Gasteiger partial charge >= 0.3 is 5.69 Å². The number of hydrogen-bond donors (Lipinski definition) is 1. The number of carbonyl (C=O) groups is 1. The third-order valence-corrected chi connectivity index (χ3v) is 6.62. The van der Waals surface area contributed by atoms with Crippen LogP contribution in [-0.2, 0) is 0 Å². The molecule has 5 rings (SSSR count). The SMILES string of the molecule is COc1cc2nccc(Oc3ccc(NC(=O)c4cn(C(C)C)c(=O)n(-c5ccc(F)cc5)c4=O)cc3F)c2cc1OC.[HH]. The zero-order valence-corrected chi connectivity index (χ0v) is 23.6. The topological polar surface area (TPSA) is 114 Å². The normalized spacial score (nSPS) is 11.0. The van der Waals surface area contributed by atoms with Crippen LogP contribution in [0.5, 0.6) is 23.0 Å². The molecule has 0 fully saturated rings. The Morgan fingerprint density at radius 1 is 0.907 bits per heavy atom. The van der Waals surface area contributed by atoms with Crippen molar-refractivity contribution < 1.29 is 29.2 Å². The Balaban J connectivity index is 0.00000442. The second kappa shape index (κ2) is 11.8. The first kappa shape index (κ1) is 29.0. The molecule has 0 aliphatic heterocycles. The van der Waals surface area contributed by atoms with Crippen molar-refractivity contribution in [2.24, 2.45) is 0 Å². The molecule has 43 heavy (non-hydrogen) atoms. The van der Waals surface area contributed by atoms with Crippen molar-refractivity contribution in [1.82, 2.24) is 14.1 Å². The first-order chi connectivity index (χ1) is 20.6. The van der Waals surface area contributed by atoms with Gasteiger partial charge in [0.2, 0.25) is 0 Å². The number of methoxy groups -OCH3 is 2. The van der Waals surface area contributed by atoms with Gasteiger partial charge in [-0.15, -0.1) is 0 Å². The third kappa shape index (κ3) is 5.67. The number of benzene rings is 3. The van der Waals surface area contributed by atoms with E-state index in [1.54, 1.807) is 32.0 Å². The van der Waals surface area contributed by atoms with Gasteiger partial charge in [-0.2, -0.15) is 0 Å². The quantitative estimate of drug-likeness (QED) is 0.246. The molecule has 2 heterocycles. The lowest BCUT2D eigenvalue weighted by Crippen LogP contribution is -2.42. The summed E-state index contributed by atoms with van der Waals surface area (Å²) < 4.78 is 47.2. The summed E-state index contributed by atoms with van der Waals surface area (Å²) in [6, 6.07) is 13.0. The standard InChI is InChI=1S/C31H26F2N4O6.H2/c1-17(2)36-16-22(30(39)37(31(36)40)20-8-5-18(32)6-9-20)29(38)35-19-7-10-26(23(33)13-19)43-25-11-12-34-24-15-28(42-4)27(41-3)14-21(24)25;/h5-17H,1-4H3,(H,35,38);1H. The number of rotatable bonds is 8. The van der Waals surface area contributed by atoms with Crippen LogP contribution in [0.2, 0.25) is 0 Å². The fourth-order valence-corrected chi connectivity index (χ4v) is 4.43. The summed E-state index contributed by atoms with van der Waals surface area (Å²) >= 11 is 0. The van der Waals surface area contributed by atoms with Gasteiger partial charge in [-0.3, -0.25) is 19.1 Å². The van der Waals surface area contributed by atoms with E-state index in [1.165, 1.54) is 49.2 Å². The first-order valence-corrected chi connectivity index (χ1v) is 13.0. The highest BCUT2D eigenvalue weighted by atomic mass is 19.1. The summed E-state index contributed by atoms with van der Waals surface area (Å²) in [6.07, 6.45) is 2.65. The molecular weight excluding hydrogens is 562 g/mol. The second-order valence-electron chi connectivity index (χ2n) is 9.68. The number of aromatic nitrogens is 3. The molecule has 0 saturated heterocycles. The van der Waals surface area contributed by atoms with E-state index in [9.17, 15) is 18.8 Å². The van der Waals surface area contributed by atoms with Gasteiger partial charge < -0.3 is 19.5 Å². The Morgan fingerprint density at radius 2 is 1.60 bits per heavy atom. The smallest absolute Gasteiger partial charge is 0.335 e. The van der Waals surface area contributed by atoms with Crippen molar-refractivity contribution in [2.45, 2.75) is 19.9 Å². The molecule has 12 heteroatoms. The van der Waals surface area contributed by atoms with Gasteiger partial charge in [0, 0.05) is 43.1 Å². The number of ether oxygens (including phenoxy) is 3. The highest BCUT2D eigenvalue weighted by Crippen LogP contribution is 2.37.